The van der Waals surface area contributed by atoms with Crippen LogP contribution in [-0.2, 0) is 4.79 Å². The summed E-state index contributed by atoms with van der Waals surface area (Å²) in [5, 5.41) is 22.5. The highest BCUT2D eigenvalue weighted by atomic mass is 35.5. The van der Waals surface area contributed by atoms with E-state index < -0.39 is 10.8 Å². The molecule has 1 amide bonds. The van der Waals surface area contributed by atoms with E-state index in [2.05, 4.69) is 15.5 Å². The van der Waals surface area contributed by atoms with Gasteiger partial charge < -0.3 is 11.2 Å². The predicted octanol–water partition coefficient (Wildman–Crippen LogP) is 4.26. The van der Waals surface area contributed by atoms with Gasteiger partial charge in [-0.25, -0.2) is 4.68 Å². The van der Waals surface area contributed by atoms with Crippen molar-refractivity contribution in [3.8, 4) is 11.4 Å². The topological polar surface area (TPSA) is 129 Å². The fraction of sp³-hybridized carbons (Fsp3) is 0.0625. The number of nitrogen functional groups attached to an aromatic ring is 1. The van der Waals surface area contributed by atoms with Gasteiger partial charge in [-0.3, -0.25) is 14.9 Å². The first-order valence-electron chi connectivity index (χ1n) is 7.78. The van der Waals surface area contributed by atoms with Crippen molar-refractivity contribution >= 4 is 63.8 Å². The number of aromatic nitrogens is 3. The van der Waals surface area contributed by atoms with E-state index in [-0.39, 0.29) is 27.3 Å². The molecule has 9 nitrogen and oxygen atoms in total. The van der Waals surface area contributed by atoms with E-state index >= 15 is 0 Å². The van der Waals surface area contributed by atoms with Crippen molar-refractivity contribution < 1.29 is 9.72 Å². The van der Waals surface area contributed by atoms with Gasteiger partial charge in [0.2, 0.25) is 11.1 Å². The third-order valence-electron chi connectivity index (χ3n) is 3.60. The van der Waals surface area contributed by atoms with Gasteiger partial charge in [-0.1, -0.05) is 46.6 Å². The third kappa shape index (κ3) is 4.91. The minimum atomic E-state index is -0.632. The van der Waals surface area contributed by atoms with Crippen molar-refractivity contribution in [2.75, 3.05) is 16.9 Å². The van der Waals surface area contributed by atoms with Gasteiger partial charge in [0, 0.05) is 22.3 Å². The lowest BCUT2D eigenvalue weighted by molar-refractivity contribution is -0.384. The average Bonchev–Trinajstić information content (AvgIpc) is 3.02. The van der Waals surface area contributed by atoms with Crippen LogP contribution in [0.1, 0.15) is 0 Å². The number of carbonyl (C=O) groups is 1. The van der Waals surface area contributed by atoms with Crippen LogP contribution >= 0.6 is 46.6 Å². The zero-order valence-electron chi connectivity index (χ0n) is 14.3. The third-order valence-corrected chi connectivity index (χ3v) is 5.41. The van der Waals surface area contributed by atoms with Gasteiger partial charge in [0.05, 0.1) is 15.7 Å². The van der Waals surface area contributed by atoms with E-state index in [1.54, 1.807) is 18.2 Å². The molecule has 2 aromatic carbocycles. The van der Waals surface area contributed by atoms with E-state index in [0.29, 0.717) is 21.4 Å². The van der Waals surface area contributed by atoms with E-state index in [0.717, 1.165) is 11.8 Å². The number of nitro groups is 1. The minimum absolute atomic E-state index is 0.0213. The number of halogens is 3. The lowest BCUT2D eigenvalue weighted by Crippen LogP contribution is -2.16. The highest BCUT2D eigenvalue weighted by molar-refractivity contribution is 7.99. The quantitative estimate of drug-likeness (QED) is 0.237. The fourth-order valence-corrected chi connectivity index (χ4v) is 3.62. The first kappa shape index (κ1) is 21.2. The van der Waals surface area contributed by atoms with Crippen LogP contribution in [0.3, 0.4) is 0 Å². The molecule has 0 radical (unpaired) electrons. The molecule has 3 aromatic rings. The molecule has 0 unspecified atom stereocenters. The van der Waals surface area contributed by atoms with Crippen molar-refractivity contribution in [1.82, 2.24) is 14.9 Å². The number of carbonyl (C=O) groups excluding carboxylic acids is 1. The summed E-state index contributed by atoms with van der Waals surface area (Å²) in [5.41, 5.74) is 0.480. The monoisotopic (exact) mass is 472 g/mol. The van der Waals surface area contributed by atoms with Crippen LogP contribution in [0.2, 0.25) is 15.1 Å². The molecule has 0 fully saturated rings. The summed E-state index contributed by atoms with van der Waals surface area (Å²) in [6, 6.07) is 8.83. The van der Waals surface area contributed by atoms with Crippen LogP contribution in [0.4, 0.5) is 11.4 Å². The normalized spacial score (nSPS) is 10.7. The summed E-state index contributed by atoms with van der Waals surface area (Å²) in [5.74, 6) is 5.85. The molecule has 1 heterocycles. The summed E-state index contributed by atoms with van der Waals surface area (Å²) in [7, 11) is 0. The van der Waals surface area contributed by atoms with Crippen LogP contribution in [0.15, 0.2) is 41.6 Å². The van der Waals surface area contributed by atoms with Crippen molar-refractivity contribution in [3.05, 3.63) is 61.6 Å². The lowest BCUT2D eigenvalue weighted by Gasteiger charge is -2.07. The average molecular weight is 474 g/mol. The number of nitrogens with two attached hydrogens (primary N) is 1. The summed E-state index contributed by atoms with van der Waals surface area (Å²) >= 11 is 18.8. The maximum atomic E-state index is 12.2. The highest BCUT2D eigenvalue weighted by Crippen LogP contribution is 2.30. The molecule has 0 saturated heterocycles. The molecule has 29 heavy (non-hydrogen) atoms. The van der Waals surface area contributed by atoms with E-state index in [1.165, 1.54) is 22.9 Å². The second-order valence-electron chi connectivity index (χ2n) is 5.56. The minimum Gasteiger partial charge on any atom is -0.335 e. The van der Waals surface area contributed by atoms with Crippen LogP contribution in [0.25, 0.3) is 11.4 Å². The summed E-state index contributed by atoms with van der Waals surface area (Å²) in [6.07, 6.45) is 0. The Labute approximate surface area is 183 Å². The van der Waals surface area contributed by atoms with Gasteiger partial charge in [0.1, 0.15) is 5.02 Å². The van der Waals surface area contributed by atoms with Crippen molar-refractivity contribution in [3.63, 3.8) is 0 Å². The van der Waals surface area contributed by atoms with Crippen molar-refractivity contribution in [2.45, 2.75) is 5.16 Å². The molecule has 1 aromatic heterocycles. The van der Waals surface area contributed by atoms with Gasteiger partial charge in [-0.05, 0) is 30.3 Å². The number of nitro benzene ring substituents is 1. The fourth-order valence-electron chi connectivity index (χ4n) is 2.29. The number of anilines is 1. The first-order valence-corrected chi connectivity index (χ1v) is 9.90. The number of nitrogens with zero attached hydrogens (tertiary/aromatic N) is 4. The molecule has 150 valence electrons. The number of rotatable bonds is 6. The Kier molecular flexibility index (Phi) is 6.48. The molecular formula is C16H11Cl3N6O3S. The molecule has 3 rings (SSSR count). The summed E-state index contributed by atoms with van der Waals surface area (Å²) in [6.45, 7) is 0. The molecule has 0 spiro atoms. The SMILES string of the molecule is Nn1c(SCC(=O)Nc2ccc(Cl)c([N+](=O)[O-])c2)nnc1-c1ccc(Cl)cc1Cl. The Morgan fingerprint density at radius 1 is 1.17 bits per heavy atom. The number of benzene rings is 2. The Bertz CT molecular complexity index is 1110. The number of hydrogen-bond donors (Lipinski definition) is 2. The van der Waals surface area contributed by atoms with Gasteiger partial charge >= 0.3 is 0 Å². The summed E-state index contributed by atoms with van der Waals surface area (Å²) in [4.78, 5) is 22.5. The number of thioether (sulfide) groups is 1. The molecule has 3 N–H and O–H groups in total. The molecule has 0 aliphatic rings. The maximum Gasteiger partial charge on any atom is 0.289 e. The molecule has 0 aliphatic carbocycles. The van der Waals surface area contributed by atoms with Crippen LogP contribution in [-0.4, -0.2) is 31.5 Å². The Morgan fingerprint density at radius 2 is 1.93 bits per heavy atom. The standard InChI is InChI=1S/C16H11Cl3N6O3S/c17-8-1-3-10(12(19)5-8)15-22-23-16(24(15)20)29-7-14(26)21-9-2-4-11(18)13(6-9)25(27)28/h1-6H,7,20H2,(H,21,26). The number of hydrogen-bond acceptors (Lipinski definition) is 7. The predicted molar refractivity (Wildman–Crippen MR) is 113 cm³/mol. The Hall–Kier alpha value is -2.53. The second kappa shape index (κ2) is 8.87. The van der Waals surface area contributed by atoms with Gasteiger partial charge in [0.15, 0.2) is 5.82 Å². The zero-order valence-corrected chi connectivity index (χ0v) is 17.4. The lowest BCUT2D eigenvalue weighted by atomic mass is 10.2. The van der Waals surface area contributed by atoms with Crippen LogP contribution < -0.4 is 11.2 Å². The molecule has 0 aliphatic heterocycles. The highest BCUT2D eigenvalue weighted by Gasteiger charge is 2.17. The van der Waals surface area contributed by atoms with Crippen LogP contribution in [0.5, 0.6) is 0 Å². The van der Waals surface area contributed by atoms with E-state index in [4.69, 9.17) is 40.6 Å². The molecular weight excluding hydrogens is 463 g/mol. The van der Waals surface area contributed by atoms with Crippen molar-refractivity contribution in [2.24, 2.45) is 0 Å². The Balaban J connectivity index is 1.68. The molecule has 13 heteroatoms. The second-order valence-corrected chi connectivity index (χ2v) is 7.75. The smallest absolute Gasteiger partial charge is 0.289 e. The number of amides is 1. The Morgan fingerprint density at radius 3 is 2.62 bits per heavy atom. The first-order chi connectivity index (χ1) is 13.8. The van der Waals surface area contributed by atoms with E-state index in [1.807, 2.05) is 0 Å². The van der Waals surface area contributed by atoms with E-state index in [9.17, 15) is 14.9 Å². The van der Waals surface area contributed by atoms with Gasteiger partial charge in [-0.15, -0.1) is 10.2 Å². The van der Waals surface area contributed by atoms with Gasteiger partial charge in [-0.2, -0.15) is 0 Å². The molecule has 0 bridgehead atoms. The molecule has 0 saturated carbocycles. The largest absolute Gasteiger partial charge is 0.335 e. The molecule has 0 atom stereocenters. The number of nitrogens with one attached hydrogen (secondary N) is 1. The zero-order chi connectivity index (χ0) is 21.1. The van der Waals surface area contributed by atoms with Gasteiger partial charge in [0.25, 0.3) is 5.69 Å². The van der Waals surface area contributed by atoms with Crippen LogP contribution in [0, 0.1) is 10.1 Å². The maximum absolute atomic E-state index is 12.2. The summed E-state index contributed by atoms with van der Waals surface area (Å²) < 4.78 is 1.21. The van der Waals surface area contributed by atoms with Crippen molar-refractivity contribution in [1.29, 1.82) is 0 Å².